The van der Waals surface area contributed by atoms with Gasteiger partial charge in [0.25, 0.3) is 0 Å². The highest BCUT2D eigenvalue weighted by molar-refractivity contribution is 9.11. The lowest BCUT2D eigenvalue weighted by Gasteiger charge is -2.28. The van der Waals surface area contributed by atoms with Crippen molar-refractivity contribution in [2.45, 2.75) is 58.8 Å². The van der Waals surface area contributed by atoms with Gasteiger partial charge in [-0.05, 0) is 122 Å². The van der Waals surface area contributed by atoms with Gasteiger partial charge in [0.1, 0.15) is 4.99 Å². The molecule has 0 fully saturated rings. The minimum Gasteiger partial charge on any atom is -0.344 e. The van der Waals surface area contributed by atoms with Crippen LogP contribution >= 0.6 is 79.0 Å². The van der Waals surface area contributed by atoms with Crippen LogP contribution in [-0.2, 0) is 17.3 Å². The molecule has 0 amide bonds. The van der Waals surface area contributed by atoms with E-state index in [4.69, 9.17) is 24.4 Å². The molecule has 1 N–H and O–H groups in total. The highest BCUT2D eigenvalue weighted by Crippen LogP contribution is 2.50. The van der Waals surface area contributed by atoms with Crippen LogP contribution in [0.15, 0.2) is 68.2 Å². The third kappa shape index (κ3) is 5.28. The number of thiophene rings is 2. The third-order valence-corrected chi connectivity index (χ3v) is 12.4. The molecule has 0 unspecified atom stereocenters. The van der Waals surface area contributed by atoms with Crippen molar-refractivity contribution in [2.24, 2.45) is 0 Å². The average molecular weight is 754 g/mol. The maximum Gasteiger partial charge on any atom is 0.121 e. The quantitative estimate of drug-likeness (QED) is 0.107. The molecule has 4 aromatic carbocycles. The predicted molar refractivity (Wildman–Crippen MR) is 202 cm³/mol. The van der Waals surface area contributed by atoms with Gasteiger partial charge in [0.15, 0.2) is 0 Å². The first kappa shape index (κ1) is 30.3. The second kappa shape index (κ2) is 11.0. The Morgan fingerprint density at radius 2 is 1.21 bits per heavy atom. The Labute approximate surface area is 283 Å². The Kier molecular flexibility index (Phi) is 7.94. The lowest BCUT2D eigenvalue weighted by Crippen LogP contribution is -2.14. The summed E-state index contributed by atoms with van der Waals surface area (Å²) >= 11 is 23.6. The number of anilines is 1. The topological polar surface area (TPSA) is 12.0 Å². The molecule has 0 saturated carbocycles. The molecule has 0 bridgehead atoms. The van der Waals surface area contributed by atoms with Crippen molar-refractivity contribution in [2.75, 3.05) is 5.32 Å². The molecule has 2 aromatic heterocycles. The van der Waals surface area contributed by atoms with Crippen molar-refractivity contribution in [3.05, 3.63) is 94.7 Å². The van der Waals surface area contributed by atoms with Crippen LogP contribution < -0.4 is 5.32 Å². The number of benzene rings is 4. The average Bonchev–Trinajstić information content (AvgIpc) is 3.66. The molecule has 0 aliphatic rings. The summed E-state index contributed by atoms with van der Waals surface area (Å²) in [5, 5.41) is 15.2. The Morgan fingerprint density at radius 3 is 1.76 bits per heavy atom. The number of hydrogen-bond acceptors (Lipinski definition) is 4. The predicted octanol–water partition coefficient (Wildman–Crippen LogP) is 12.6. The zero-order valence-corrected chi connectivity index (χ0v) is 30.8. The van der Waals surface area contributed by atoms with Crippen molar-refractivity contribution < 1.29 is 0 Å². The first-order valence-electron chi connectivity index (χ1n) is 13.8. The number of nitrogens with one attached hydrogen (secondary N) is 1. The Morgan fingerprint density at radius 1 is 0.714 bits per heavy atom. The van der Waals surface area contributed by atoms with Crippen LogP contribution in [0.4, 0.5) is 5.69 Å². The smallest absolute Gasteiger partial charge is 0.121 e. The van der Waals surface area contributed by atoms with Crippen molar-refractivity contribution in [3.63, 3.8) is 0 Å². The summed E-state index contributed by atoms with van der Waals surface area (Å²) in [7, 11) is 0. The van der Waals surface area contributed by atoms with E-state index in [1.807, 2.05) is 6.07 Å². The fourth-order valence-corrected chi connectivity index (χ4v) is 8.81. The molecular weight excluding hydrogens is 722 g/mol. The van der Waals surface area contributed by atoms with Crippen molar-refractivity contribution in [3.8, 4) is 0 Å². The van der Waals surface area contributed by atoms with Crippen LogP contribution in [0.1, 0.15) is 68.0 Å². The molecule has 6 rings (SSSR count). The van der Waals surface area contributed by atoms with E-state index in [1.165, 1.54) is 43.6 Å². The molecule has 0 radical (unpaired) electrons. The largest absolute Gasteiger partial charge is 0.344 e. The molecule has 0 aliphatic heterocycles. The van der Waals surface area contributed by atoms with Gasteiger partial charge in [-0.25, -0.2) is 0 Å². The molecule has 0 aliphatic carbocycles. The second-order valence-corrected chi connectivity index (χ2v) is 17.3. The van der Waals surface area contributed by atoms with Crippen LogP contribution in [0.3, 0.4) is 0 Å². The second-order valence-electron chi connectivity index (χ2n) is 12.9. The molecule has 0 atom stereocenters. The zero-order valence-electron chi connectivity index (χ0n) is 24.4. The highest BCUT2D eigenvalue weighted by Gasteiger charge is 2.27. The number of rotatable bonds is 5. The lowest BCUT2D eigenvalue weighted by atomic mass is 9.79. The summed E-state index contributed by atoms with van der Waals surface area (Å²) in [6.45, 7) is 13.6. The van der Waals surface area contributed by atoms with Gasteiger partial charge in [-0.2, -0.15) is 0 Å². The van der Waals surface area contributed by atoms with Crippen molar-refractivity contribution in [1.29, 1.82) is 0 Å². The zero-order chi connectivity index (χ0) is 30.1. The van der Waals surface area contributed by atoms with Crippen LogP contribution in [-0.4, -0.2) is 9.85 Å². The summed E-state index contributed by atoms with van der Waals surface area (Å²) in [5.74, 6) is 0. The lowest BCUT2D eigenvalue weighted by molar-refractivity contribution is 0.591. The van der Waals surface area contributed by atoms with Gasteiger partial charge >= 0.3 is 0 Å². The molecule has 7 heteroatoms. The van der Waals surface area contributed by atoms with Gasteiger partial charge < -0.3 is 5.32 Å². The molecule has 0 spiro atoms. The summed E-state index contributed by atoms with van der Waals surface area (Å²) in [5.41, 5.74) is 4.72. The highest BCUT2D eigenvalue weighted by atomic mass is 79.9. The van der Waals surface area contributed by atoms with E-state index < -0.39 is 0 Å². The standard InChI is InChI=1S/C35H31Br2NS4/c1-34(2,3)18-13-20-21(17-25(39)26-9-7-11-41-26)30(36)22-14-19(35(4,5)6)16-24-29(22)28(20)23(15-18)31(37)32(24)38-33(40)27-10-8-12-42-27/h7-16H,17H2,1-6H3,(H,38,40). The van der Waals surface area contributed by atoms with E-state index in [2.05, 4.69) is 132 Å². The Bertz CT molecular complexity index is 1840. The molecule has 6 aromatic rings. The van der Waals surface area contributed by atoms with Crippen LogP contribution in [0.5, 0.6) is 0 Å². The molecule has 1 nitrogen and oxygen atoms in total. The van der Waals surface area contributed by atoms with E-state index in [-0.39, 0.29) is 10.8 Å². The number of hydrogen-bond donors (Lipinski definition) is 1. The van der Waals surface area contributed by atoms with Gasteiger partial charge in [-0.1, -0.05) is 84.2 Å². The van der Waals surface area contributed by atoms with Crippen LogP contribution in [0, 0.1) is 0 Å². The Hall–Kier alpha value is -1.74. The molecule has 42 heavy (non-hydrogen) atoms. The summed E-state index contributed by atoms with van der Waals surface area (Å²) < 4.78 is 2.15. The van der Waals surface area contributed by atoms with Crippen molar-refractivity contribution >= 4 is 127 Å². The maximum atomic E-state index is 6.04. The van der Waals surface area contributed by atoms with E-state index in [0.717, 1.165) is 39.6 Å². The summed E-state index contributed by atoms with van der Waals surface area (Å²) in [4.78, 5) is 3.91. The van der Waals surface area contributed by atoms with Crippen LogP contribution in [0.25, 0.3) is 32.3 Å². The van der Waals surface area contributed by atoms with Crippen molar-refractivity contribution in [1.82, 2.24) is 0 Å². The van der Waals surface area contributed by atoms with E-state index in [1.54, 1.807) is 22.7 Å². The Balaban J connectivity index is 1.76. The van der Waals surface area contributed by atoms with Crippen LogP contribution in [0.2, 0.25) is 0 Å². The van der Waals surface area contributed by atoms with Gasteiger partial charge in [0.05, 0.1) is 10.6 Å². The summed E-state index contributed by atoms with van der Waals surface area (Å²) in [6, 6.07) is 17.8. The van der Waals surface area contributed by atoms with Gasteiger partial charge in [-0.15, -0.1) is 22.7 Å². The van der Waals surface area contributed by atoms with E-state index in [0.29, 0.717) is 6.42 Å². The number of halogens is 2. The van der Waals surface area contributed by atoms with E-state index >= 15 is 0 Å². The SMILES string of the molecule is CC(C)(C)c1cc2c(Br)c(NC(=S)c3cccs3)c3cc(C(C)(C)C)cc4c(Br)c(CC(=S)c5cccs5)c(c1)c2c43. The third-order valence-electron chi connectivity index (χ3n) is 7.93. The fourth-order valence-electron chi connectivity index (χ4n) is 5.57. The first-order chi connectivity index (χ1) is 19.8. The van der Waals surface area contributed by atoms with Gasteiger partial charge in [-0.3, -0.25) is 0 Å². The first-order valence-corrected chi connectivity index (χ1v) is 18.0. The van der Waals surface area contributed by atoms with Gasteiger partial charge in [0.2, 0.25) is 0 Å². The minimum absolute atomic E-state index is 0.0405. The normalized spacial score (nSPS) is 12.6. The molecule has 0 saturated heterocycles. The minimum atomic E-state index is -0.0479. The monoisotopic (exact) mass is 751 g/mol. The summed E-state index contributed by atoms with van der Waals surface area (Å²) in [6.07, 6.45) is 0.694. The molecule has 2 heterocycles. The van der Waals surface area contributed by atoms with E-state index in [9.17, 15) is 0 Å². The fraction of sp³-hybridized carbons (Fsp3) is 0.257. The molecule has 214 valence electrons. The number of thiocarbonyl (C=S) groups is 2. The molecular formula is C35H31Br2NS4. The maximum absolute atomic E-state index is 6.04. The van der Waals surface area contributed by atoms with Gasteiger partial charge in [0, 0.05) is 35.9 Å².